The highest BCUT2D eigenvalue weighted by atomic mass is 16.5. The van der Waals surface area contributed by atoms with E-state index < -0.39 is 6.03 Å². The molecule has 4 saturated heterocycles. The zero-order valence-electron chi connectivity index (χ0n) is 28.2. The van der Waals surface area contributed by atoms with Crippen molar-refractivity contribution in [2.75, 3.05) is 73.0 Å². The van der Waals surface area contributed by atoms with Crippen molar-refractivity contribution in [2.24, 2.45) is 0 Å². The average molecular weight is 684 g/mol. The number of anilines is 4. The van der Waals surface area contributed by atoms with Crippen LogP contribution in [0.15, 0.2) is 48.5 Å². The summed E-state index contributed by atoms with van der Waals surface area (Å²) in [6.07, 6.45) is 6.04. The van der Waals surface area contributed by atoms with Crippen molar-refractivity contribution in [1.82, 2.24) is 24.8 Å². The van der Waals surface area contributed by atoms with E-state index in [0.717, 1.165) is 63.5 Å². The first-order valence-corrected chi connectivity index (χ1v) is 17.9. The van der Waals surface area contributed by atoms with Crippen molar-refractivity contribution in [1.29, 1.82) is 0 Å². The largest absolute Gasteiger partial charge is 0.394 e. The number of aliphatic hydroxyl groups excluding tert-OH is 2. The Morgan fingerprint density at radius 3 is 1.78 bits per heavy atom. The molecule has 3 amide bonds. The van der Waals surface area contributed by atoms with E-state index in [1.165, 1.54) is 12.8 Å². The number of carbonyl (C=O) groups excluding carboxylic acids is 2. The number of fused-ring (bicyclic) bond motifs is 2. The molecule has 0 spiro atoms. The number of hydrogen-bond donors (Lipinski definition) is 4. The van der Waals surface area contributed by atoms with E-state index in [2.05, 4.69) is 20.4 Å². The highest BCUT2D eigenvalue weighted by Crippen LogP contribution is 2.36. The molecular formula is C36H45N9O5. The molecule has 50 heavy (non-hydrogen) atoms. The van der Waals surface area contributed by atoms with Gasteiger partial charge in [-0.3, -0.25) is 9.69 Å². The minimum Gasteiger partial charge on any atom is -0.394 e. The molecule has 4 N–H and O–H groups in total. The minimum atomic E-state index is -0.403. The number of carbonyl (C=O) groups is 2. The van der Waals surface area contributed by atoms with Crippen LogP contribution in [0.5, 0.6) is 0 Å². The third-order valence-corrected chi connectivity index (χ3v) is 10.8. The Morgan fingerprint density at radius 1 is 0.680 bits per heavy atom. The normalized spacial score (nSPS) is 25.2. The number of amides is 3. The lowest BCUT2D eigenvalue weighted by Gasteiger charge is -2.36. The topological polar surface area (TPSA) is 160 Å². The number of nitrogens with one attached hydrogen (secondary N) is 2. The smallest absolute Gasteiger partial charge is 0.323 e. The zero-order valence-corrected chi connectivity index (χ0v) is 28.2. The molecule has 2 unspecified atom stereocenters. The Hall–Kier alpha value is -4.37. The van der Waals surface area contributed by atoms with Crippen molar-refractivity contribution in [3.05, 3.63) is 54.1 Å². The first kappa shape index (κ1) is 32.8. The van der Waals surface area contributed by atoms with Gasteiger partial charge in [0.15, 0.2) is 5.82 Å². The molecule has 5 aliphatic rings. The third-order valence-electron chi connectivity index (χ3n) is 10.8. The molecule has 14 heteroatoms. The Labute approximate surface area is 291 Å². The van der Waals surface area contributed by atoms with Gasteiger partial charge in [0.05, 0.1) is 50.6 Å². The molecule has 3 aromatic rings. The molecule has 5 fully saturated rings. The Morgan fingerprint density at radius 2 is 1.22 bits per heavy atom. The van der Waals surface area contributed by atoms with Gasteiger partial charge in [-0.05, 0) is 87.1 Å². The van der Waals surface area contributed by atoms with Crippen LogP contribution in [0.3, 0.4) is 0 Å². The summed E-state index contributed by atoms with van der Waals surface area (Å²) in [6, 6.07) is 14.6. The van der Waals surface area contributed by atoms with Crippen LogP contribution in [-0.2, 0) is 4.74 Å². The Kier molecular flexibility index (Phi) is 9.25. The SMILES string of the molecule is O=C(Nc1ccc(C(=O)N2CCN(C3CC3)CC2)cc1)Nc1ccc(-c2nc(N3C4CCC3COC4)nc(N3[C@H](CO)CC[C@@H]3CO)n2)cc1. The van der Waals surface area contributed by atoms with E-state index in [1.807, 2.05) is 21.9 Å². The van der Waals surface area contributed by atoms with Crippen molar-refractivity contribution >= 4 is 35.2 Å². The first-order chi connectivity index (χ1) is 24.5. The summed E-state index contributed by atoms with van der Waals surface area (Å²) < 4.78 is 5.81. The highest BCUT2D eigenvalue weighted by molar-refractivity contribution is 6.00. The van der Waals surface area contributed by atoms with E-state index in [-0.39, 0.29) is 43.3 Å². The van der Waals surface area contributed by atoms with Gasteiger partial charge in [0, 0.05) is 54.7 Å². The number of rotatable bonds is 9. The van der Waals surface area contributed by atoms with Crippen molar-refractivity contribution in [3.63, 3.8) is 0 Å². The number of benzene rings is 2. The van der Waals surface area contributed by atoms with Gasteiger partial charge in [-0.15, -0.1) is 0 Å². The van der Waals surface area contributed by atoms with Crippen LogP contribution in [0.25, 0.3) is 11.4 Å². The summed E-state index contributed by atoms with van der Waals surface area (Å²) in [5.74, 6) is 1.52. The van der Waals surface area contributed by atoms with Crippen LogP contribution in [-0.4, -0.2) is 130 Å². The Bertz CT molecular complexity index is 1650. The van der Waals surface area contributed by atoms with E-state index in [0.29, 0.717) is 47.9 Å². The zero-order chi connectivity index (χ0) is 34.2. The summed E-state index contributed by atoms with van der Waals surface area (Å²) in [5.41, 5.74) is 2.53. The molecule has 0 radical (unpaired) electrons. The van der Waals surface area contributed by atoms with Crippen LogP contribution in [0.1, 0.15) is 48.9 Å². The van der Waals surface area contributed by atoms with Crippen molar-refractivity contribution in [3.8, 4) is 11.4 Å². The summed E-state index contributed by atoms with van der Waals surface area (Å²) in [6.45, 7) is 4.48. The molecule has 4 atom stereocenters. The van der Waals surface area contributed by atoms with E-state index in [9.17, 15) is 19.8 Å². The monoisotopic (exact) mass is 683 g/mol. The molecule has 8 rings (SSSR count). The second kappa shape index (κ2) is 14.1. The quantitative estimate of drug-likeness (QED) is 0.263. The molecule has 264 valence electrons. The fourth-order valence-corrected chi connectivity index (χ4v) is 7.92. The first-order valence-electron chi connectivity index (χ1n) is 17.9. The number of hydrogen-bond acceptors (Lipinski definition) is 11. The summed E-state index contributed by atoms with van der Waals surface area (Å²) in [4.78, 5) is 49.2. The van der Waals surface area contributed by atoms with Crippen LogP contribution < -0.4 is 20.4 Å². The van der Waals surface area contributed by atoms with Gasteiger partial charge in [-0.2, -0.15) is 15.0 Å². The lowest BCUT2D eigenvalue weighted by molar-refractivity contribution is 0.0627. The Balaban J connectivity index is 0.942. The average Bonchev–Trinajstić information content (AvgIpc) is 3.87. The van der Waals surface area contributed by atoms with Crippen LogP contribution >= 0.6 is 0 Å². The summed E-state index contributed by atoms with van der Waals surface area (Å²) in [7, 11) is 0. The third kappa shape index (κ3) is 6.72. The molecule has 5 heterocycles. The lowest BCUT2D eigenvalue weighted by Crippen LogP contribution is -2.49. The number of morpholine rings is 1. The lowest BCUT2D eigenvalue weighted by atomic mass is 10.1. The second-order valence-electron chi connectivity index (χ2n) is 14.0. The predicted octanol–water partition coefficient (Wildman–Crippen LogP) is 2.79. The van der Waals surface area contributed by atoms with E-state index in [4.69, 9.17) is 19.7 Å². The van der Waals surface area contributed by atoms with Gasteiger partial charge in [0.2, 0.25) is 11.9 Å². The number of aromatic nitrogens is 3. The van der Waals surface area contributed by atoms with E-state index >= 15 is 0 Å². The maximum Gasteiger partial charge on any atom is 0.323 e. The van der Waals surface area contributed by atoms with Gasteiger partial charge in [0.1, 0.15) is 0 Å². The maximum absolute atomic E-state index is 13.0. The second-order valence-corrected chi connectivity index (χ2v) is 14.0. The molecule has 2 bridgehead atoms. The number of ether oxygens (including phenoxy) is 1. The molecule has 4 aliphatic heterocycles. The summed E-state index contributed by atoms with van der Waals surface area (Å²) >= 11 is 0. The van der Waals surface area contributed by atoms with Gasteiger partial charge in [0.25, 0.3) is 5.91 Å². The van der Waals surface area contributed by atoms with Gasteiger partial charge < -0.3 is 40.3 Å². The number of urea groups is 1. The minimum absolute atomic E-state index is 0.0214. The molecule has 14 nitrogen and oxygen atoms in total. The fraction of sp³-hybridized carbons (Fsp3) is 0.528. The van der Waals surface area contributed by atoms with Gasteiger partial charge >= 0.3 is 6.03 Å². The number of nitrogens with zero attached hydrogens (tertiary/aromatic N) is 7. The maximum atomic E-state index is 13.0. The van der Waals surface area contributed by atoms with Crippen LogP contribution in [0.4, 0.5) is 28.1 Å². The van der Waals surface area contributed by atoms with Crippen LogP contribution in [0.2, 0.25) is 0 Å². The molecule has 1 aromatic heterocycles. The van der Waals surface area contributed by atoms with Gasteiger partial charge in [-0.25, -0.2) is 4.79 Å². The fourth-order valence-electron chi connectivity index (χ4n) is 7.92. The molecule has 1 saturated carbocycles. The molecule has 1 aliphatic carbocycles. The number of piperazine rings is 1. The molecule has 2 aromatic carbocycles. The van der Waals surface area contributed by atoms with Crippen LogP contribution in [0, 0.1) is 0 Å². The standard InChI is InChI=1S/C36H45N9O5/c46-19-28-11-12-29(20-47)44(28)34-39-32(40-35(41-34)45-30-13-14-31(45)22-50-21-30)23-1-5-25(6-2-23)37-36(49)38-26-7-3-24(4-8-26)33(48)43-17-15-42(16-18-43)27-9-10-27/h1-8,27-31,46-47H,9-22H2,(H2,37,38,49)/t28-,29+,30?,31?. The van der Waals surface area contributed by atoms with Crippen molar-refractivity contribution in [2.45, 2.75) is 68.7 Å². The van der Waals surface area contributed by atoms with E-state index in [1.54, 1.807) is 36.4 Å². The number of aliphatic hydroxyl groups is 2. The van der Waals surface area contributed by atoms with Crippen molar-refractivity contribution < 1.29 is 24.5 Å². The summed E-state index contributed by atoms with van der Waals surface area (Å²) in [5, 5.41) is 26.0. The predicted molar refractivity (Wildman–Crippen MR) is 188 cm³/mol. The van der Waals surface area contributed by atoms with Gasteiger partial charge in [-0.1, -0.05) is 0 Å². The highest BCUT2D eigenvalue weighted by Gasteiger charge is 2.41. The molecular weight excluding hydrogens is 638 g/mol.